The van der Waals surface area contributed by atoms with Gasteiger partial charge < -0.3 is 10.2 Å². The highest BCUT2D eigenvalue weighted by atomic mass is 79.9. The zero-order valence-corrected chi connectivity index (χ0v) is 14.8. The van der Waals surface area contributed by atoms with Crippen LogP contribution in [0.2, 0.25) is 0 Å². The third-order valence-electron chi connectivity index (χ3n) is 3.45. The van der Waals surface area contributed by atoms with Gasteiger partial charge >= 0.3 is 0 Å². The van der Waals surface area contributed by atoms with E-state index < -0.39 is 0 Å². The van der Waals surface area contributed by atoms with Gasteiger partial charge in [0.25, 0.3) is 0 Å². The lowest BCUT2D eigenvalue weighted by molar-refractivity contribution is -0.121. The topological polar surface area (TPSA) is 49.4 Å². The fourth-order valence-corrected chi connectivity index (χ4v) is 2.51. The average Bonchev–Trinajstić information content (AvgIpc) is 2.54. The van der Waals surface area contributed by atoms with Gasteiger partial charge in [0.05, 0.1) is 6.42 Å². The normalized spacial score (nSPS) is 10.3. The molecule has 1 N–H and O–H groups in total. The lowest BCUT2D eigenvalue weighted by Crippen LogP contribution is -2.38. The molecule has 0 aliphatic carbocycles. The summed E-state index contributed by atoms with van der Waals surface area (Å²) in [5.41, 5.74) is 1.52. The van der Waals surface area contributed by atoms with Gasteiger partial charge in [0.15, 0.2) is 0 Å². The third kappa shape index (κ3) is 5.45. The van der Waals surface area contributed by atoms with Crippen LogP contribution in [0.25, 0.3) is 0 Å². The van der Waals surface area contributed by atoms with Gasteiger partial charge in [-0.05, 0) is 42.0 Å². The molecule has 0 heterocycles. The summed E-state index contributed by atoms with van der Waals surface area (Å²) in [6, 6.07) is 13.2. The molecule has 0 aliphatic rings. The molecule has 0 fully saturated rings. The van der Waals surface area contributed by atoms with Crippen LogP contribution in [0.5, 0.6) is 0 Å². The molecule has 24 heavy (non-hydrogen) atoms. The van der Waals surface area contributed by atoms with Crippen LogP contribution in [-0.4, -0.2) is 24.9 Å². The zero-order chi connectivity index (χ0) is 17.5. The number of nitrogens with one attached hydrogen (secondary N) is 1. The summed E-state index contributed by atoms with van der Waals surface area (Å²) < 4.78 is 13.9. The van der Waals surface area contributed by atoms with Crippen molar-refractivity contribution in [2.24, 2.45) is 0 Å². The molecule has 0 saturated carbocycles. The van der Waals surface area contributed by atoms with E-state index in [2.05, 4.69) is 21.2 Å². The smallest absolute Gasteiger partial charge is 0.224 e. The number of amides is 2. The molecule has 0 saturated heterocycles. The quantitative estimate of drug-likeness (QED) is 0.819. The Morgan fingerprint density at radius 1 is 1.08 bits per heavy atom. The Labute approximate surface area is 148 Å². The molecular weight excluding hydrogens is 375 g/mol. The number of carbonyl (C=O) groups excluding carboxylic acids is 2. The first kappa shape index (κ1) is 18.1. The highest BCUT2D eigenvalue weighted by Gasteiger charge is 2.12. The molecular formula is C18H18BrFN2O2. The maximum absolute atomic E-state index is 13.0. The predicted molar refractivity (Wildman–Crippen MR) is 95.3 cm³/mol. The minimum Gasteiger partial charge on any atom is -0.354 e. The van der Waals surface area contributed by atoms with Crippen LogP contribution in [-0.2, 0) is 16.0 Å². The van der Waals surface area contributed by atoms with Crippen molar-refractivity contribution in [1.29, 1.82) is 0 Å². The van der Waals surface area contributed by atoms with Crippen LogP contribution in [0.4, 0.5) is 10.1 Å². The van der Waals surface area contributed by atoms with Gasteiger partial charge in [0, 0.05) is 30.2 Å². The number of anilines is 1. The van der Waals surface area contributed by atoms with Gasteiger partial charge in [-0.1, -0.05) is 28.1 Å². The summed E-state index contributed by atoms with van der Waals surface area (Å²) in [5.74, 6) is -0.631. The minimum atomic E-state index is -0.356. The Morgan fingerprint density at radius 3 is 2.29 bits per heavy atom. The summed E-state index contributed by atoms with van der Waals surface area (Å²) in [5, 5.41) is 2.79. The van der Waals surface area contributed by atoms with Crippen LogP contribution < -0.4 is 10.2 Å². The number of rotatable bonds is 6. The Morgan fingerprint density at radius 2 is 1.71 bits per heavy atom. The van der Waals surface area contributed by atoms with E-state index in [0.717, 1.165) is 10.0 Å². The Kier molecular flexibility index (Phi) is 6.49. The van der Waals surface area contributed by atoms with Crippen LogP contribution in [0, 0.1) is 5.82 Å². The summed E-state index contributed by atoms with van der Waals surface area (Å²) in [7, 11) is 0. The molecule has 0 aliphatic heterocycles. The van der Waals surface area contributed by atoms with Crippen molar-refractivity contribution >= 4 is 33.4 Å². The number of nitrogens with zero attached hydrogens (tertiary/aromatic N) is 1. The summed E-state index contributed by atoms with van der Waals surface area (Å²) in [6.07, 6.45) is 0.282. The highest BCUT2D eigenvalue weighted by molar-refractivity contribution is 9.10. The number of hydrogen-bond donors (Lipinski definition) is 1. The molecule has 2 rings (SSSR count). The molecule has 0 spiro atoms. The van der Waals surface area contributed by atoms with Gasteiger partial charge in [0.2, 0.25) is 11.8 Å². The molecule has 0 aromatic heterocycles. The Bertz CT molecular complexity index is 702. The van der Waals surface area contributed by atoms with Crippen molar-refractivity contribution in [1.82, 2.24) is 5.32 Å². The van der Waals surface area contributed by atoms with E-state index >= 15 is 0 Å². The molecule has 2 aromatic rings. The first-order valence-corrected chi connectivity index (χ1v) is 8.30. The minimum absolute atomic E-state index is 0.111. The average molecular weight is 393 g/mol. The monoisotopic (exact) mass is 392 g/mol. The fourth-order valence-electron chi connectivity index (χ4n) is 2.25. The van der Waals surface area contributed by atoms with Crippen molar-refractivity contribution in [2.75, 3.05) is 18.0 Å². The van der Waals surface area contributed by atoms with E-state index in [1.807, 2.05) is 24.3 Å². The van der Waals surface area contributed by atoms with Crippen LogP contribution in [0.1, 0.15) is 12.5 Å². The van der Waals surface area contributed by atoms with Crippen molar-refractivity contribution < 1.29 is 14.0 Å². The zero-order valence-electron chi connectivity index (χ0n) is 13.3. The highest BCUT2D eigenvalue weighted by Crippen LogP contribution is 2.14. The maximum atomic E-state index is 13.0. The van der Waals surface area contributed by atoms with Gasteiger partial charge in [-0.3, -0.25) is 9.59 Å². The van der Waals surface area contributed by atoms with Crippen molar-refractivity contribution in [3.63, 3.8) is 0 Å². The molecule has 4 nitrogen and oxygen atoms in total. The van der Waals surface area contributed by atoms with Crippen molar-refractivity contribution in [3.05, 3.63) is 64.4 Å². The predicted octanol–water partition coefficient (Wildman–Crippen LogP) is 3.30. The number of hydrogen-bond acceptors (Lipinski definition) is 2. The largest absolute Gasteiger partial charge is 0.354 e. The second-order valence-electron chi connectivity index (χ2n) is 5.30. The van der Waals surface area contributed by atoms with Crippen molar-refractivity contribution in [2.45, 2.75) is 13.3 Å². The lowest BCUT2D eigenvalue weighted by atomic mass is 10.1. The number of benzene rings is 2. The van der Waals surface area contributed by atoms with Gasteiger partial charge in [-0.25, -0.2) is 4.39 Å². The summed E-state index contributed by atoms with van der Waals surface area (Å²) in [6.45, 7) is 2.09. The molecule has 6 heteroatoms. The molecule has 0 bridgehead atoms. The molecule has 0 unspecified atom stereocenters. The van der Waals surface area contributed by atoms with E-state index in [1.165, 1.54) is 24.0 Å². The standard InChI is InChI=1S/C18H18BrFN2O2/c1-13(23)22(17-8-6-16(20)7-9-17)11-10-21-18(24)12-14-2-4-15(19)5-3-14/h2-9H,10-12H2,1H3,(H,21,24). The molecule has 2 aromatic carbocycles. The first-order valence-electron chi connectivity index (χ1n) is 7.50. The molecule has 0 atom stereocenters. The van der Waals surface area contributed by atoms with E-state index in [1.54, 1.807) is 12.1 Å². The number of carbonyl (C=O) groups is 2. The lowest BCUT2D eigenvalue weighted by Gasteiger charge is -2.21. The van der Waals surface area contributed by atoms with E-state index in [9.17, 15) is 14.0 Å². The van der Waals surface area contributed by atoms with E-state index in [4.69, 9.17) is 0 Å². The van der Waals surface area contributed by atoms with Gasteiger partial charge in [-0.15, -0.1) is 0 Å². The van der Waals surface area contributed by atoms with Crippen LogP contribution in [0.15, 0.2) is 53.0 Å². The van der Waals surface area contributed by atoms with E-state index in [0.29, 0.717) is 18.8 Å². The maximum Gasteiger partial charge on any atom is 0.224 e. The summed E-state index contributed by atoms with van der Waals surface area (Å²) >= 11 is 3.35. The van der Waals surface area contributed by atoms with E-state index in [-0.39, 0.29) is 24.1 Å². The second-order valence-corrected chi connectivity index (χ2v) is 6.22. The fraction of sp³-hybridized carbons (Fsp3) is 0.222. The van der Waals surface area contributed by atoms with Crippen molar-refractivity contribution in [3.8, 4) is 0 Å². The van der Waals surface area contributed by atoms with Crippen LogP contribution in [0.3, 0.4) is 0 Å². The Balaban J connectivity index is 1.86. The molecule has 2 amide bonds. The van der Waals surface area contributed by atoms with Gasteiger partial charge in [0.1, 0.15) is 5.82 Å². The molecule has 0 radical (unpaired) electrons. The molecule has 126 valence electrons. The Hall–Kier alpha value is -2.21. The summed E-state index contributed by atoms with van der Waals surface area (Å²) in [4.78, 5) is 25.2. The second kappa shape index (κ2) is 8.59. The number of halogens is 2. The third-order valence-corrected chi connectivity index (χ3v) is 3.98. The van der Waals surface area contributed by atoms with Gasteiger partial charge in [-0.2, -0.15) is 0 Å². The van der Waals surface area contributed by atoms with Crippen LogP contribution >= 0.6 is 15.9 Å². The SMILES string of the molecule is CC(=O)N(CCNC(=O)Cc1ccc(Br)cc1)c1ccc(F)cc1. The first-order chi connectivity index (χ1) is 11.5.